The molecule has 4 nitrogen and oxygen atoms in total. The summed E-state index contributed by atoms with van der Waals surface area (Å²) in [5.74, 6) is 0.831. The molecule has 1 amide bonds. The molecule has 74 valence electrons. The van der Waals surface area contributed by atoms with E-state index in [1.807, 2.05) is 12.2 Å². The molecule has 0 saturated carbocycles. The van der Waals surface area contributed by atoms with Gasteiger partial charge in [-0.2, -0.15) is 0 Å². The smallest absolute Gasteiger partial charge is 0.255 e. The highest BCUT2D eigenvalue weighted by Gasteiger charge is 2.54. The van der Waals surface area contributed by atoms with Crippen LogP contribution in [0.3, 0.4) is 0 Å². The Morgan fingerprint density at radius 2 is 2.36 bits per heavy atom. The second-order valence-corrected chi connectivity index (χ2v) is 3.79. The van der Waals surface area contributed by atoms with Crippen LogP contribution in [0.4, 0.5) is 0 Å². The Balaban J connectivity index is 2.10. The summed E-state index contributed by atoms with van der Waals surface area (Å²) in [5, 5.41) is 0. The van der Waals surface area contributed by atoms with Gasteiger partial charge in [0.1, 0.15) is 18.1 Å². The minimum Gasteiger partial charge on any atom is -0.485 e. The number of hydrogen-bond acceptors (Lipinski definition) is 3. The van der Waals surface area contributed by atoms with E-state index < -0.39 is 0 Å². The van der Waals surface area contributed by atoms with Crippen molar-refractivity contribution in [2.75, 3.05) is 14.2 Å². The standard InChI is InChI=1S/C10H11NO3/c1-11-9(12)7-5-3-4-6(14-5)8(7)10(11)13-2/h3-4,6,8,10H,1-2H3/t6?,8?,10-/m1/s1. The number of likely N-dealkylation sites (tertiary alicyclic amines) is 1. The lowest BCUT2D eigenvalue weighted by Gasteiger charge is -2.23. The molecule has 3 atom stereocenters. The van der Waals surface area contributed by atoms with Crippen molar-refractivity contribution < 1.29 is 14.3 Å². The Kier molecular flexibility index (Phi) is 1.37. The highest BCUT2D eigenvalue weighted by molar-refractivity contribution is 5.98. The summed E-state index contributed by atoms with van der Waals surface area (Å²) in [5.41, 5.74) is 0.784. The molecule has 1 saturated heterocycles. The number of hydrogen-bond donors (Lipinski definition) is 0. The van der Waals surface area contributed by atoms with Gasteiger partial charge < -0.3 is 14.4 Å². The van der Waals surface area contributed by atoms with Crippen LogP contribution in [0.15, 0.2) is 23.5 Å². The highest BCUT2D eigenvalue weighted by atomic mass is 16.5. The highest BCUT2D eigenvalue weighted by Crippen LogP contribution is 2.45. The lowest BCUT2D eigenvalue weighted by atomic mass is 9.93. The van der Waals surface area contributed by atoms with Gasteiger partial charge in [0, 0.05) is 14.2 Å². The first-order valence-corrected chi connectivity index (χ1v) is 4.63. The fourth-order valence-electron chi connectivity index (χ4n) is 2.49. The van der Waals surface area contributed by atoms with Crippen LogP contribution in [0.5, 0.6) is 0 Å². The zero-order chi connectivity index (χ0) is 9.87. The zero-order valence-electron chi connectivity index (χ0n) is 8.06. The molecule has 3 heterocycles. The van der Waals surface area contributed by atoms with E-state index in [1.165, 1.54) is 0 Å². The molecule has 3 aliphatic rings. The van der Waals surface area contributed by atoms with E-state index in [0.717, 1.165) is 11.3 Å². The number of rotatable bonds is 1. The molecule has 1 fully saturated rings. The van der Waals surface area contributed by atoms with E-state index >= 15 is 0 Å². The molecule has 2 bridgehead atoms. The first-order chi connectivity index (χ1) is 6.74. The maximum Gasteiger partial charge on any atom is 0.255 e. The Labute approximate surface area is 81.8 Å². The van der Waals surface area contributed by atoms with Crippen molar-refractivity contribution in [2.45, 2.75) is 12.3 Å². The maximum atomic E-state index is 11.8. The van der Waals surface area contributed by atoms with Crippen LogP contribution in [0.25, 0.3) is 0 Å². The molecule has 2 unspecified atom stereocenters. The van der Waals surface area contributed by atoms with E-state index in [9.17, 15) is 4.79 Å². The van der Waals surface area contributed by atoms with Gasteiger partial charge in [0.15, 0.2) is 0 Å². The van der Waals surface area contributed by atoms with Crippen LogP contribution < -0.4 is 0 Å². The largest absolute Gasteiger partial charge is 0.485 e. The summed E-state index contributed by atoms with van der Waals surface area (Å²) >= 11 is 0. The van der Waals surface area contributed by atoms with Gasteiger partial charge in [-0.15, -0.1) is 0 Å². The number of carbonyl (C=O) groups is 1. The third-order valence-electron chi connectivity index (χ3n) is 3.13. The Morgan fingerprint density at radius 3 is 3.07 bits per heavy atom. The number of ether oxygens (including phenoxy) is 2. The molecule has 0 aliphatic carbocycles. The topological polar surface area (TPSA) is 38.8 Å². The predicted molar refractivity (Wildman–Crippen MR) is 48.1 cm³/mol. The van der Waals surface area contributed by atoms with Crippen LogP contribution in [0.1, 0.15) is 0 Å². The minimum atomic E-state index is -0.176. The van der Waals surface area contributed by atoms with Gasteiger partial charge in [-0.25, -0.2) is 0 Å². The lowest BCUT2D eigenvalue weighted by molar-refractivity contribution is -0.132. The first kappa shape index (κ1) is 8.05. The summed E-state index contributed by atoms with van der Waals surface area (Å²) in [6.07, 6.45) is 3.69. The maximum absolute atomic E-state index is 11.8. The molecular formula is C10H11NO3. The van der Waals surface area contributed by atoms with Crippen molar-refractivity contribution in [3.8, 4) is 0 Å². The number of fused-ring (bicyclic) bond motifs is 4. The Bertz CT molecular complexity index is 372. The molecule has 3 aliphatic heterocycles. The quantitative estimate of drug-likeness (QED) is 0.600. The van der Waals surface area contributed by atoms with Crippen LogP contribution in [-0.2, 0) is 14.3 Å². The van der Waals surface area contributed by atoms with Gasteiger partial charge in [0.25, 0.3) is 5.91 Å². The van der Waals surface area contributed by atoms with E-state index in [2.05, 4.69) is 0 Å². The average molecular weight is 193 g/mol. The van der Waals surface area contributed by atoms with Gasteiger partial charge in [-0.3, -0.25) is 4.79 Å². The summed E-state index contributed by atoms with van der Waals surface area (Å²) in [6, 6.07) is 0. The molecular weight excluding hydrogens is 182 g/mol. The third kappa shape index (κ3) is 0.710. The minimum absolute atomic E-state index is 0.00106. The molecule has 0 aromatic carbocycles. The number of nitrogens with zero attached hydrogens (tertiary/aromatic N) is 1. The third-order valence-corrected chi connectivity index (χ3v) is 3.13. The number of amides is 1. The van der Waals surface area contributed by atoms with Gasteiger partial charge in [0.05, 0.1) is 11.5 Å². The van der Waals surface area contributed by atoms with E-state index in [1.54, 1.807) is 19.1 Å². The number of carbonyl (C=O) groups excluding carboxylic acids is 1. The lowest BCUT2D eigenvalue weighted by Crippen LogP contribution is -2.36. The summed E-state index contributed by atoms with van der Waals surface area (Å²) < 4.78 is 10.8. The zero-order valence-corrected chi connectivity index (χ0v) is 8.06. The van der Waals surface area contributed by atoms with E-state index in [-0.39, 0.29) is 24.2 Å². The van der Waals surface area contributed by atoms with Gasteiger partial charge in [0.2, 0.25) is 0 Å². The number of methoxy groups -OCH3 is 1. The van der Waals surface area contributed by atoms with Gasteiger partial charge in [-0.1, -0.05) is 0 Å². The molecule has 0 aromatic heterocycles. The van der Waals surface area contributed by atoms with E-state index in [4.69, 9.17) is 9.47 Å². The summed E-state index contributed by atoms with van der Waals surface area (Å²) in [6.45, 7) is 0. The van der Waals surface area contributed by atoms with Gasteiger partial charge >= 0.3 is 0 Å². The molecule has 4 heteroatoms. The molecule has 0 spiro atoms. The van der Waals surface area contributed by atoms with Crippen molar-refractivity contribution in [1.29, 1.82) is 0 Å². The van der Waals surface area contributed by atoms with Crippen LogP contribution >= 0.6 is 0 Å². The van der Waals surface area contributed by atoms with Crippen molar-refractivity contribution in [3.05, 3.63) is 23.5 Å². The Morgan fingerprint density at radius 1 is 1.57 bits per heavy atom. The molecule has 0 radical (unpaired) electrons. The van der Waals surface area contributed by atoms with Crippen molar-refractivity contribution in [1.82, 2.24) is 4.90 Å². The second kappa shape index (κ2) is 2.39. The van der Waals surface area contributed by atoms with Crippen molar-refractivity contribution in [3.63, 3.8) is 0 Å². The van der Waals surface area contributed by atoms with Crippen LogP contribution in [0.2, 0.25) is 0 Å². The summed E-state index contributed by atoms with van der Waals surface area (Å²) in [4.78, 5) is 13.5. The normalized spacial score (nSPS) is 38.3. The fraction of sp³-hybridized carbons (Fsp3) is 0.500. The van der Waals surface area contributed by atoms with E-state index in [0.29, 0.717) is 0 Å². The number of allylic oxidation sites excluding steroid dienone is 1. The van der Waals surface area contributed by atoms with Crippen LogP contribution in [-0.4, -0.2) is 37.3 Å². The van der Waals surface area contributed by atoms with Crippen LogP contribution in [0, 0.1) is 5.92 Å². The average Bonchev–Trinajstić information content (AvgIpc) is 2.82. The van der Waals surface area contributed by atoms with Crippen molar-refractivity contribution >= 4 is 5.91 Å². The first-order valence-electron chi connectivity index (χ1n) is 4.63. The van der Waals surface area contributed by atoms with Gasteiger partial charge in [-0.05, 0) is 12.2 Å². The molecule has 3 rings (SSSR count). The summed E-state index contributed by atoms with van der Waals surface area (Å²) in [7, 11) is 3.39. The monoisotopic (exact) mass is 193 g/mol. The fourth-order valence-corrected chi connectivity index (χ4v) is 2.49. The SMILES string of the molecule is CO[C@@H]1C2C(=C3C=CC2O3)C(=O)N1C. The number of likely N-dealkylation sites (N-methyl/N-ethyl adjacent to an activating group) is 1. The molecule has 0 N–H and O–H groups in total. The molecule has 0 aromatic rings. The predicted octanol–water partition coefficient (Wildman–Crippen LogP) is 0.270. The Hall–Kier alpha value is -1.29. The molecule has 14 heavy (non-hydrogen) atoms. The second-order valence-electron chi connectivity index (χ2n) is 3.79. The van der Waals surface area contributed by atoms with Crippen molar-refractivity contribution in [2.24, 2.45) is 5.92 Å².